The highest BCUT2D eigenvalue weighted by atomic mass is 16.2. The zero-order chi connectivity index (χ0) is 20.8. The molecule has 0 atom stereocenters. The van der Waals surface area contributed by atoms with E-state index in [4.69, 9.17) is 5.73 Å². The van der Waals surface area contributed by atoms with E-state index >= 15 is 0 Å². The SMILES string of the molecule is CCC(=O)N(C)c1ccc(N2CCN(C(=O)CCc3ccc(N)nc3)CC2)cc1. The minimum absolute atomic E-state index is 0.0969. The molecule has 29 heavy (non-hydrogen) atoms. The summed E-state index contributed by atoms with van der Waals surface area (Å²) in [7, 11) is 1.80. The van der Waals surface area contributed by atoms with Gasteiger partial charge < -0.3 is 20.4 Å². The highest BCUT2D eigenvalue weighted by Gasteiger charge is 2.21. The largest absolute Gasteiger partial charge is 0.384 e. The fraction of sp³-hybridized carbons (Fsp3) is 0.409. The fourth-order valence-electron chi connectivity index (χ4n) is 3.48. The maximum Gasteiger partial charge on any atom is 0.226 e. The average molecular weight is 396 g/mol. The van der Waals surface area contributed by atoms with E-state index in [9.17, 15) is 9.59 Å². The molecule has 0 saturated carbocycles. The van der Waals surface area contributed by atoms with E-state index in [1.165, 1.54) is 0 Å². The lowest BCUT2D eigenvalue weighted by atomic mass is 10.1. The number of anilines is 3. The van der Waals surface area contributed by atoms with E-state index in [-0.39, 0.29) is 11.8 Å². The molecule has 0 bridgehead atoms. The van der Waals surface area contributed by atoms with Crippen LogP contribution in [0, 0.1) is 0 Å². The number of benzene rings is 1. The number of nitrogens with two attached hydrogens (primary N) is 1. The molecule has 1 aliphatic heterocycles. The molecule has 154 valence electrons. The van der Waals surface area contributed by atoms with Gasteiger partial charge >= 0.3 is 0 Å². The number of hydrogen-bond donors (Lipinski definition) is 1. The Morgan fingerprint density at radius 1 is 1.07 bits per heavy atom. The number of hydrogen-bond acceptors (Lipinski definition) is 5. The number of carbonyl (C=O) groups is 2. The first-order valence-electron chi connectivity index (χ1n) is 10.1. The number of pyridine rings is 1. The summed E-state index contributed by atoms with van der Waals surface area (Å²) in [6, 6.07) is 11.7. The minimum atomic E-state index is 0.0969. The molecule has 3 rings (SSSR count). The van der Waals surface area contributed by atoms with Crippen molar-refractivity contribution in [1.29, 1.82) is 0 Å². The zero-order valence-corrected chi connectivity index (χ0v) is 17.2. The van der Waals surface area contributed by atoms with Crippen LogP contribution in [0.5, 0.6) is 0 Å². The van der Waals surface area contributed by atoms with Crippen molar-refractivity contribution in [2.24, 2.45) is 0 Å². The van der Waals surface area contributed by atoms with Crippen molar-refractivity contribution in [3.63, 3.8) is 0 Å². The molecule has 0 spiro atoms. The standard InChI is InChI=1S/C22H29N5O2/c1-3-21(28)25(2)18-6-8-19(9-7-18)26-12-14-27(15-13-26)22(29)11-5-17-4-10-20(23)24-16-17/h4,6-10,16H,3,5,11-15H2,1-2H3,(H2,23,24). The van der Waals surface area contributed by atoms with Gasteiger partial charge in [-0.15, -0.1) is 0 Å². The highest BCUT2D eigenvalue weighted by molar-refractivity contribution is 5.92. The van der Waals surface area contributed by atoms with Gasteiger partial charge in [-0.25, -0.2) is 4.98 Å². The topological polar surface area (TPSA) is 82.8 Å². The number of nitrogen functional groups attached to an aromatic ring is 1. The second-order valence-corrected chi connectivity index (χ2v) is 7.28. The van der Waals surface area contributed by atoms with Crippen LogP contribution >= 0.6 is 0 Å². The molecule has 2 aromatic rings. The van der Waals surface area contributed by atoms with Gasteiger partial charge in [0.05, 0.1) is 0 Å². The number of aromatic nitrogens is 1. The first kappa shape index (κ1) is 20.6. The molecule has 1 aliphatic rings. The van der Waals surface area contributed by atoms with E-state index in [2.05, 4.69) is 9.88 Å². The van der Waals surface area contributed by atoms with Crippen molar-refractivity contribution in [2.45, 2.75) is 26.2 Å². The van der Waals surface area contributed by atoms with Crippen LogP contribution in [0.4, 0.5) is 17.2 Å². The van der Waals surface area contributed by atoms with Crippen molar-refractivity contribution in [1.82, 2.24) is 9.88 Å². The van der Waals surface area contributed by atoms with E-state index < -0.39 is 0 Å². The first-order chi connectivity index (χ1) is 14.0. The molecule has 0 aliphatic carbocycles. The van der Waals surface area contributed by atoms with Gasteiger partial charge in [0.15, 0.2) is 0 Å². The van der Waals surface area contributed by atoms with Crippen LogP contribution in [0.3, 0.4) is 0 Å². The summed E-state index contributed by atoms with van der Waals surface area (Å²) in [6.45, 7) is 4.90. The average Bonchev–Trinajstić information content (AvgIpc) is 2.77. The van der Waals surface area contributed by atoms with Crippen LogP contribution < -0.4 is 15.5 Å². The van der Waals surface area contributed by atoms with Crippen LogP contribution in [-0.2, 0) is 16.0 Å². The van der Waals surface area contributed by atoms with Gasteiger partial charge in [0.25, 0.3) is 0 Å². The van der Waals surface area contributed by atoms with E-state index in [0.717, 1.165) is 43.1 Å². The molecule has 7 heteroatoms. The van der Waals surface area contributed by atoms with Gasteiger partial charge in [-0.2, -0.15) is 0 Å². The number of nitrogens with zero attached hydrogens (tertiary/aromatic N) is 4. The van der Waals surface area contributed by atoms with Crippen molar-refractivity contribution in [3.8, 4) is 0 Å². The predicted molar refractivity (Wildman–Crippen MR) is 116 cm³/mol. The summed E-state index contributed by atoms with van der Waals surface area (Å²) in [6.07, 6.45) is 3.38. The number of carbonyl (C=O) groups excluding carboxylic acids is 2. The molecule has 0 unspecified atom stereocenters. The normalized spacial score (nSPS) is 14.0. The lowest BCUT2D eigenvalue weighted by Crippen LogP contribution is -2.48. The zero-order valence-electron chi connectivity index (χ0n) is 17.2. The fourth-order valence-corrected chi connectivity index (χ4v) is 3.48. The molecule has 1 aromatic carbocycles. The van der Waals surface area contributed by atoms with Gasteiger partial charge in [0.1, 0.15) is 5.82 Å². The third kappa shape index (κ3) is 5.25. The molecule has 1 saturated heterocycles. The summed E-state index contributed by atoms with van der Waals surface area (Å²) in [5, 5.41) is 0. The molecular formula is C22H29N5O2. The van der Waals surface area contributed by atoms with Crippen LogP contribution in [0.2, 0.25) is 0 Å². The molecule has 1 aromatic heterocycles. The van der Waals surface area contributed by atoms with E-state index in [1.807, 2.05) is 42.2 Å². The minimum Gasteiger partial charge on any atom is -0.384 e. The van der Waals surface area contributed by atoms with E-state index in [0.29, 0.717) is 25.1 Å². The smallest absolute Gasteiger partial charge is 0.226 e. The van der Waals surface area contributed by atoms with Gasteiger partial charge in [0.2, 0.25) is 11.8 Å². The summed E-state index contributed by atoms with van der Waals surface area (Å²) in [4.78, 5) is 34.3. The molecule has 7 nitrogen and oxygen atoms in total. The third-order valence-electron chi connectivity index (χ3n) is 5.39. The Labute approximate surface area is 172 Å². The van der Waals surface area contributed by atoms with Crippen LogP contribution in [0.1, 0.15) is 25.3 Å². The second-order valence-electron chi connectivity index (χ2n) is 7.28. The Morgan fingerprint density at radius 2 is 1.76 bits per heavy atom. The van der Waals surface area contributed by atoms with Crippen molar-refractivity contribution in [3.05, 3.63) is 48.2 Å². The highest BCUT2D eigenvalue weighted by Crippen LogP contribution is 2.22. The summed E-state index contributed by atoms with van der Waals surface area (Å²) in [5.41, 5.74) is 8.63. The Bertz CT molecular complexity index is 827. The molecular weight excluding hydrogens is 366 g/mol. The van der Waals surface area contributed by atoms with Crippen molar-refractivity contribution < 1.29 is 9.59 Å². The van der Waals surface area contributed by atoms with Crippen molar-refractivity contribution in [2.75, 3.05) is 48.8 Å². The maximum absolute atomic E-state index is 12.5. The summed E-state index contributed by atoms with van der Waals surface area (Å²) in [5.74, 6) is 0.768. The quantitative estimate of drug-likeness (QED) is 0.812. The Balaban J connectivity index is 1.49. The third-order valence-corrected chi connectivity index (χ3v) is 5.39. The molecule has 2 N–H and O–H groups in total. The number of rotatable bonds is 6. The second kappa shape index (κ2) is 9.41. The number of aryl methyl sites for hydroxylation is 1. The van der Waals surface area contributed by atoms with Gasteiger partial charge in [-0.1, -0.05) is 13.0 Å². The Hall–Kier alpha value is -3.09. The predicted octanol–water partition coefficient (Wildman–Crippen LogP) is 2.32. The Morgan fingerprint density at radius 3 is 2.34 bits per heavy atom. The van der Waals surface area contributed by atoms with E-state index in [1.54, 1.807) is 24.2 Å². The summed E-state index contributed by atoms with van der Waals surface area (Å²) >= 11 is 0. The van der Waals surface area contributed by atoms with Crippen LogP contribution in [-0.4, -0.2) is 54.9 Å². The molecule has 1 fully saturated rings. The Kier molecular flexibility index (Phi) is 6.69. The molecule has 2 amide bonds. The monoisotopic (exact) mass is 395 g/mol. The van der Waals surface area contributed by atoms with Crippen molar-refractivity contribution >= 4 is 29.0 Å². The van der Waals surface area contributed by atoms with Gasteiger partial charge in [0, 0.05) is 63.6 Å². The molecule has 2 heterocycles. The number of amides is 2. The number of piperazine rings is 1. The first-order valence-corrected chi connectivity index (χ1v) is 10.1. The van der Waals surface area contributed by atoms with Gasteiger partial charge in [-0.05, 0) is 42.3 Å². The summed E-state index contributed by atoms with van der Waals surface area (Å²) < 4.78 is 0. The maximum atomic E-state index is 12.5. The molecule has 0 radical (unpaired) electrons. The van der Waals surface area contributed by atoms with Crippen LogP contribution in [0.15, 0.2) is 42.6 Å². The van der Waals surface area contributed by atoms with Crippen LogP contribution in [0.25, 0.3) is 0 Å². The lowest BCUT2D eigenvalue weighted by Gasteiger charge is -2.36. The van der Waals surface area contributed by atoms with Gasteiger partial charge in [-0.3, -0.25) is 9.59 Å². The lowest BCUT2D eigenvalue weighted by molar-refractivity contribution is -0.131.